The number of ether oxygens (including phenoxy) is 1. The molecule has 158 valence electrons. The lowest BCUT2D eigenvalue weighted by Gasteiger charge is -2.15. The highest BCUT2D eigenvalue weighted by atomic mass is 35.5. The Kier molecular flexibility index (Phi) is 5.85. The van der Waals surface area contributed by atoms with Crippen LogP contribution in [0, 0.1) is 18.6 Å². The molecule has 1 N–H and O–H groups in total. The Hall–Kier alpha value is -2.93. The van der Waals surface area contributed by atoms with E-state index in [-0.39, 0.29) is 38.9 Å². The Bertz CT molecular complexity index is 1170. The van der Waals surface area contributed by atoms with Gasteiger partial charge in [0.1, 0.15) is 5.82 Å². The molecule has 1 aromatic heterocycles. The highest BCUT2D eigenvalue weighted by molar-refractivity contribution is 6.30. The molecule has 0 amide bonds. The van der Waals surface area contributed by atoms with Crippen LogP contribution in [0.3, 0.4) is 0 Å². The minimum atomic E-state index is -0.955. The first-order valence-electron chi connectivity index (χ1n) is 9.27. The van der Waals surface area contributed by atoms with Crippen molar-refractivity contribution in [2.24, 2.45) is 0 Å². The zero-order valence-electron chi connectivity index (χ0n) is 16.8. The van der Waals surface area contributed by atoms with Gasteiger partial charge in [-0.1, -0.05) is 11.6 Å². The second kappa shape index (κ2) is 8.07. The van der Waals surface area contributed by atoms with E-state index >= 15 is 0 Å². The molecule has 5 nitrogen and oxygen atoms in total. The molecular formula is C22H20ClF2NO4. The van der Waals surface area contributed by atoms with Crippen LogP contribution in [0.5, 0.6) is 5.75 Å². The van der Waals surface area contributed by atoms with Crippen molar-refractivity contribution in [3.8, 4) is 5.75 Å². The molecule has 1 atom stereocenters. The van der Waals surface area contributed by atoms with E-state index in [0.717, 1.165) is 12.1 Å². The molecule has 0 saturated heterocycles. The molecule has 0 fully saturated rings. The summed E-state index contributed by atoms with van der Waals surface area (Å²) in [4.78, 5) is 25.7. The standard InChI is InChI=1S/C22H20ClF2NO4/c1-10(2)30-22(29)11(3)18-12(4)26(16-7-8-17(27)20(25)19(16)18)21(28)13-5-6-14(23)15(24)9-13/h5-11,27H,1-4H3/t11-/m0/s1. The Morgan fingerprint density at radius 2 is 1.80 bits per heavy atom. The molecule has 0 spiro atoms. The topological polar surface area (TPSA) is 68.5 Å². The number of rotatable bonds is 4. The van der Waals surface area contributed by atoms with Crippen LogP contribution in [0.1, 0.15) is 48.3 Å². The SMILES string of the molecule is Cc1c([C@H](C)C(=O)OC(C)C)c2c(F)c(O)ccc2n1C(=O)c1ccc(Cl)c(F)c1. The molecule has 2 aromatic carbocycles. The minimum absolute atomic E-state index is 0.00524. The fourth-order valence-corrected chi connectivity index (χ4v) is 3.60. The van der Waals surface area contributed by atoms with Crippen LogP contribution >= 0.6 is 11.6 Å². The monoisotopic (exact) mass is 435 g/mol. The average molecular weight is 436 g/mol. The van der Waals surface area contributed by atoms with Gasteiger partial charge in [-0.15, -0.1) is 0 Å². The molecule has 0 aliphatic carbocycles. The fraction of sp³-hybridized carbons (Fsp3) is 0.273. The molecule has 0 aliphatic rings. The van der Waals surface area contributed by atoms with E-state index in [1.54, 1.807) is 20.8 Å². The van der Waals surface area contributed by atoms with Gasteiger partial charge in [0.25, 0.3) is 5.91 Å². The van der Waals surface area contributed by atoms with E-state index in [1.807, 2.05) is 0 Å². The summed E-state index contributed by atoms with van der Waals surface area (Å²) in [5.41, 5.74) is 0.631. The Morgan fingerprint density at radius 3 is 2.40 bits per heavy atom. The van der Waals surface area contributed by atoms with Crippen LogP contribution in [-0.4, -0.2) is 27.7 Å². The Balaban J connectivity index is 2.27. The quantitative estimate of drug-likeness (QED) is 0.562. The van der Waals surface area contributed by atoms with Gasteiger partial charge >= 0.3 is 5.97 Å². The van der Waals surface area contributed by atoms with Crippen LogP contribution < -0.4 is 0 Å². The van der Waals surface area contributed by atoms with Gasteiger partial charge in [-0.3, -0.25) is 14.2 Å². The van der Waals surface area contributed by atoms with Crippen molar-refractivity contribution < 1.29 is 28.2 Å². The molecule has 3 rings (SSSR count). The molecule has 1 heterocycles. The maximum absolute atomic E-state index is 14.9. The van der Waals surface area contributed by atoms with Crippen LogP contribution in [0.25, 0.3) is 10.9 Å². The third-order valence-electron chi connectivity index (χ3n) is 4.84. The summed E-state index contributed by atoms with van der Waals surface area (Å²) in [5, 5.41) is 9.68. The number of fused-ring (bicyclic) bond motifs is 1. The van der Waals surface area contributed by atoms with E-state index in [4.69, 9.17) is 16.3 Å². The molecule has 3 aromatic rings. The van der Waals surface area contributed by atoms with Crippen molar-refractivity contribution >= 4 is 34.4 Å². The molecule has 0 bridgehead atoms. The van der Waals surface area contributed by atoms with Gasteiger partial charge in [0, 0.05) is 16.6 Å². The number of phenols is 1. The lowest BCUT2D eigenvalue weighted by atomic mass is 9.97. The number of esters is 1. The van der Waals surface area contributed by atoms with Gasteiger partial charge in [-0.2, -0.15) is 0 Å². The first-order valence-corrected chi connectivity index (χ1v) is 9.65. The number of carbonyl (C=O) groups is 2. The zero-order valence-corrected chi connectivity index (χ0v) is 17.6. The number of benzene rings is 2. The summed E-state index contributed by atoms with van der Waals surface area (Å²) < 4.78 is 35.2. The van der Waals surface area contributed by atoms with Crippen molar-refractivity contribution in [3.05, 3.63) is 63.8 Å². The number of halogens is 3. The second-order valence-electron chi connectivity index (χ2n) is 7.27. The lowest BCUT2D eigenvalue weighted by Crippen LogP contribution is -2.19. The summed E-state index contributed by atoms with van der Waals surface area (Å²) >= 11 is 5.70. The van der Waals surface area contributed by atoms with E-state index in [0.29, 0.717) is 0 Å². The largest absolute Gasteiger partial charge is 0.505 e. The minimum Gasteiger partial charge on any atom is -0.505 e. The number of nitrogens with zero attached hydrogens (tertiary/aromatic N) is 1. The average Bonchev–Trinajstić information content (AvgIpc) is 2.97. The van der Waals surface area contributed by atoms with E-state index in [9.17, 15) is 23.5 Å². The lowest BCUT2D eigenvalue weighted by molar-refractivity contribution is -0.148. The molecule has 30 heavy (non-hydrogen) atoms. The van der Waals surface area contributed by atoms with Gasteiger partial charge in [0.05, 0.1) is 22.6 Å². The number of phenolic OH excluding ortho intramolecular Hbond substituents is 1. The van der Waals surface area contributed by atoms with Crippen molar-refractivity contribution in [1.29, 1.82) is 0 Å². The Morgan fingerprint density at radius 1 is 1.13 bits per heavy atom. The van der Waals surface area contributed by atoms with Crippen molar-refractivity contribution in [2.75, 3.05) is 0 Å². The van der Waals surface area contributed by atoms with Crippen molar-refractivity contribution in [3.63, 3.8) is 0 Å². The summed E-state index contributed by atoms with van der Waals surface area (Å²) in [7, 11) is 0. The maximum Gasteiger partial charge on any atom is 0.313 e. The molecule has 8 heteroatoms. The van der Waals surface area contributed by atoms with Crippen LogP contribution in [0.2, 0.25) is 5.02 Å². The van der Waals surface area contributed by atoms with Crippen molar-refractivity contribution in [1.82, 2.24) is 4.57 Å². The predicted octanol–water partition coefficient (Wildman–Crippen LogP) is 5.33. The number of aromatic nitrogens is 1. The number of hydrogen-bond acceptors (Lipinski definition) is 4. The molecule has 0 saturated carbocycles. The normalized spacial score (nSPS) is 12.4. The fourth-order valence-electron chi connectivity index (χ4n) is 3.48. The summed E-state index contributed by atoms with van der Waals surface area (Å²) in [5.74, 6) is -4.48. The number of aromatic hydroxyl groups is 1. The maximum atomic E-state index is 14.9. The van der Waals surface area contributed by atoms with E-state index in [2.05, 4.69) is 0 Å². The smallest absolute Gasteiger partial charge is 0.313 e. The van der Waals surface area contributed by atoms with E-state index in [1.165, 1.54) is 29.7 Å². The predicted molar refractivity (Wildman–Crippen MR) is 109 cm³/mol. The van der Waals surface area contributed by atoms with Crippen LogP contribution in [-0.2, 0) is 9.53 Å². The van der Waals surface area contributed by atoms with Gasteiger partial charge < -0.3 is 9.84 Å². The molecule has 0 unspecified atom stereocenters. The second-order valence-corrected chi connectivity index (χ2v) is 7.68. The third kappa shape index (κ3) is 3.65. The summed E-state index contributed by atoms with van der Waals surface area (Å²) in [6, 6.07) is 6.08. The molecule has 0 radical (unpaired) electrons. The number of carbonyl (C=O) groups excluding carboxylic acids is 2. The molecule has 0 aliphatic heterocycles. The first-order chi connectivity index (χ1) is 14.0. The number of hydrogen-bond donors (Lipinski definition) is 1. The first kappa shape index (κ1) is 21.8. The molecular weight excluding hydrogens is 416 g/mol. The van der Waals surface area contributed by atoms with E-state index < -0.39 is 35.2 Å². The van der Waals surface area contributed by atoms with Crippen LogP contribution in [0.4, 0.5) is 8.78 Å². The highest BCUT2D eigenvalue weighted by Crippen LogP contribution is 2.37. The van der Waals surface area contributed by atoms with Gasteiger partial charge in [0.15, 0.2) is 11.6 Å². The summed E-state index contributed by atoms with van der Waals surface area (Å²) in [6.45, 7) is 6.46. The van der Waals surface area contributed by atoms with Gasteiger partial charge in [-0.05, 0) is 63.6 Å². The van der Waals surface area contributed by atoms with Crippen LogP contribution in [0.15, 0.2) is 30.3 Å². The van der Waals surface area contributed by atoms with Crippen molar-refractivity contribution in [2.45, 2.75) is 39.7 Å². The summed E-state index contributed by atoms with van der Waals surface area (Å²) in [6.07, 6.45) is -0.384. The zero-order chi connectivity index (χ0) is 22.3. The van der Waals surface area contributed by atoms with Gasteiger partial charge in [-0.25, -0.2) is 8.78 Å². The highest BCUT2D eigenvalue weighted by Gasteiger charge is 2.30. The van der Waals surface area contributed by atoms with Gasteiger partial charge in [0.2, 0.25) is 0 Å². The third-order valence-corrected chi connectivity index (χ3v) is 5.15. The Labute approximate surface area is 176 Å².